The van der Waals surface area contributed by atoms with Crippen molar-refractivity contribution in [2.45, 2.75) is 40.2 Å². The van der Waals surface area contributed by atoms with E-state index in [1.807, 2.05) is 37.8 Å². The lowest BCUT2D eigenvalue weighted by Crippen LogP contribution is -2.46. The molecule has 1 heterocycles. The number of carbonyl (C=O) groups excluding carboxylic acids is 1. The maximum Gasteiger partial charge on any atom is 0.309 e. The lowest BCUT2D eigenvalue weighted by molar-refractivity contribution is -0.149. The maximum atomic E-state index is 14.5. The average Bonchev–Trinajstić information content (AvgIpc) is 2.71. The van der Waals surface area contributed by atoms with Gasteiger partial charge in [0.2, 0.25) is 0 Å². The number of carbonyl (C=O) groups is 1. The quantitative estimate of drug-likeness (QED) is 0.439. The maximum absolute atomic E-state index is 14.5. The molecule has 0 aromatic heterocycles. The Morgan fingerprint density at radius 2 is 1.96 bits per heavy atom. The molecule has 28 heavy (non-hydrogen) atoms. The summed E-state index contributed by atoms with van der Waals surface area (Å²) in [5.74, 6) is 0.439. The molecule has 0 radical (unpaired) electrons. The number of halogens is 1. The van der Waals surface area contributed by atoms with Gasteiger partial charge in [-0.05, 0) is 51.3 Å². The van der Waals surface area contributed by atoms with Crippen LogP contribution in [0.3, 0.4) is 0 Å². The van der Waals surface area contributed by atoms with E-state index in [4.69, 9.17) is 4.74 Å². The van der Waals surface area contributed by atoms with Crippen LogP contribution in [-0.2, 0) is 16.1 Å². The molecule has 0 aliphatic carbocycles. The van der Waals surface area contributed by atoms with Crippen molar-refractivity contribution in [1.82, 2.24) is 10.2 Å². The van der Waals surface area contributed by atoms with E-state index in [9.17, 15) is 9.18 Å². The van der Waals surface area contributed by atoms with Crippen LogP contribution < -0.4 is 10.2 Å². The third kappa shape index (κ3) is 5.59. The van der Waals surface area contributed by atoms with Crippen LogP contribution in [0.25, 0.3) is 0 Å². The van der Waals surface area contributed by atoms with Gasteiger partial charge in [-0.3, -0.25) is 9.79 Å². The number of nitrogens with one attached hydrogen (secondary N) is 1. The Balaban J connectivity index is 1.91. The fourth-order valence-electron chi connectivity index (χ4n) is 3.58. The molecule has 2 rings (SSSR count). The van der Waals surface area contributed by atoms with Crippen molar-refractivity contribution in [3.05, 3.63) is 29.6 Å². The number of esters is 1. The van der Waals surface area contributed by atoms with Gasteiger partial charge in [-0.25, -0.2) is 4.39 Å². The first-order valence-electron chi connectivity index (χ1n) is 10.2. The zero-order valence-electron chi connectivity index (χ0n) is 17.5. The second-order valence-electron chi connectivity index (χ2n) is 6.87. The number of piperidine rings is 1. The predicted molar refractivity (Wildman–Crippen MR) is 111 cm³/mol. The Bertz CT molecular complexity index is 668. The van der Waals surface area contributed by atoms with Gasteiger partial charge in [0.25, 0.3) is 0 Å². The highest BCUT2D eigenvalue weighted by Gasteiger charge is 2.27. The summed E-state index contributed by atoms with van der Waals surface area (Å²) in [6.45, 7) is 9.85. The van der Waals surface area contributed by atoms with Gasteiger partial charge in [-0.15, -0.1) is 0 Å². The van der Waals surface area contributed by atoms with Gasteiger partial charge in [-0.2, -0.15) is 0 Å². The van der Waals surface area contributed by atoms with E-state index < -0.39 is 0 Å². The van der Waals surface area contributed by atoms with Gasteiger partial charge >= 0.3 is 5.97 Å². The second kappa shape index (κ2) is 10.9. The number of rotatable bonds is 7. The first-order chi connectivity index (χ1) is 13.5. The molecule has 0 amide bonds. The van der Waals surface area contributed by atoms with E-state index in [1.54, 1.807) is 13.1 Å². The number of hydrogen-bond donors (Lipinski definition) is 1. The second-order valence-corrected chi connectivity index (χ2v) is 6.87. The normalized spacial score (nSPS) is 15.5. The molecule has 1 N–H and O–H groups in total. The number of aliphatic imine (C=N–C) groups is 1. The van der Waals surface area contributed by atoms with E-state index in [2.05, 4.69) is 15.2 Å². The minimum Gasteiger partial charge on any atom is -0.466 e. The van der Waals surface area contributed by atoms with E-state index in [1.165, 1.54) is 0 Å². The van der Waals surface area contributed by atoms with Gasteiger partial charge in [0.05, 0.1) is 18.2 Å². The van der Waals surface area contributed by atoms with Crippen molar-refractivity contribution in [3.63, 3.8) is 0 Å². The number of anilines is 1. The SMILES string of the molecule is CCOC(=O)C1CCN(C(=NC)NCc2ccc(N(CC)CC)c(F)c2)CC1. The lowest BCUT2D eigenvalue weighted by Gasteiger charge is -2.33. The van der Waals surface area contributed by atoms with Gasteiger partial charge in [0.1, 0.15) is 5.82 Å². The number of nitrogens with zero attached hydrogens (tertiary/aromatic N) is 3. The van der Waals surface area contributed by atoms with Crippen LogP contribution in [0, 0.1) is 11.7 Å². The van der Waals surface area contributed by atoms with E-state index >= 15 is 0 Å². The van der Waals surface area contributed by atoms with Crippen LogP contribution >= 0.6 is 0 Å². The molecule has 0 unspecified atom stereocenters. The van der Waals surface area contributed by atoms with E-state index in [0.717, 1.165) is 50.5 Å². The highest BCUT2D eigenvalue weighted by Crippen LogP contribution is 2.21. The Labute approximate surface area is 167 Å². The molecule has 1 aliphatic rings. The molecule has 0 atom stereocenters. The van der Waals surface area contributed by atoms with Gasteiger partial charge < -0.3 is 19.9 Å². The summed E-state index contributed by atoms with van der Waals surface area (Å²) in [5.41, 5.74) is 1.51. The minimum absolute atomic E-state index is 0.0315. The molecule has 6 nitrogen and oxygen atoms in total. The summed E-state index contributed by atoms with van der Waals surface area (Å²) in [7, 11) is 1.74. The largest absolute Gasteiger partial charge is 0.466 e. The van der Waals surface area contributed by atoms with Crippen molar-refractivity contribution in [3.8, 4) is 0 Å². The summed E-state index contributed by atoms with van der Waals surface area (Å²) in [6, 6.07) is 5.37. The molecule has 1 saturated heterocycles. The zero-order chi connectivity index (χ0) is 20.5. The van der Waals surface area contributed by atoms with E-state index in [-0.39, 0.29) is 17.7 Å². The highest BCUT2D eigenvalue weighted by atomic mass is 19.1. The smallest absolute Gasteiger partial charge is 0.309 e. The third-order valence-electron chi connectivity index (χ3n) is 5.19. The predicted octanol–water partition coefficient (Wildman–Crippen LogP) is 3.02. The zero-order valence-corrected chi connectivity index (χ0v) is 17.5. The summed E-state index contributed by atoms with van der Waals surface area (Å²) in [5, 5.41) is 3.31. The van der Waals surface area contributed by atoms with Crippen LogP contribution in [0.4, 0.5) is 10.1 Å². The number of benzene rings is 1. The topological polar surface area (TPSA) is 57.2 Å². The Kier molecular flexibility index (Phi) is 8.54. The molecular formula is C21H33FN4O2. The van der Waals surface area contributed by atoms with Crippen LogP contribution in [0.5, 0.6) is 0 Å². The lowest BCUT2D eigenvalue weighted by atomic mass is 9.97. The minimum atomic E-state index is -0.201. The van der Waals surface area contributed by atoms with Crippen LogP contribution in [0.1, 0.15) is 39.2 Å². The van der Waals surface area contributed by atoms with Crippen molar-refractivity contribution in [2.75, 3.05) is 44.7 Å². The first kappa shape index (κ1) is 22.0. The monoisotopic (exact) mass is 392 g/mol. The van der Waals surface area contributed by atoms with Crippen molar-refractivity contribution in [1.29, 1.82) is 0 Å². The molecule has 0 saturated carbocycles. The fourth-order valence-corrected chi connectivity index (χ4v) is 3.58. The van der Waals surface area contributed by atoms with Crippen LogP contribution in [0.2, 0.25) is 0 Å². The van der Waals surface area contributed by atoms with Crippen LogP contribution in [-0.4, -0.2) is 56.7 Å². The number of hydrogen-bond acceptors (Lipinski definition) is 4. The molecule has 7 heteroatoms. The van der Waals surface area contributed by atoms with E-state index in [0.29, 0.717) is 18.8 Å². The first-order valence-corrected chi connectivity index (χ1v) is 10.2. The molecule has 156 valence electrons. The number of guanidine groups is 1. The van der Waals surface area contributed by atoms with Crippen LogP contribution in [0.15, 0.2) is 23.2 Å². The third-order valence-corrected chi connectivity index (χ3v) is 5.19. The Morgan fingerprint density at radius 1 is 1.29 bits per heavy atom. The van der Waals surface area contributed by atoms with Crippen molar-refractivity contribution < 1.29 is 13.9 Å². The number of likely N-dealkylation sites (tertiary alicyclic amines) is 1. The van der Waals surface area contributed by atoms with Gasteiger partial charge in [0.15, 0.2) is 5.96 Å². The molecule has 1 fully saturated rings. The molecule has 1 aromatic carbocycles. The number of ether oxygens (including phenoxy) is 1. The average molecular weight is 393 g/mol. The summed E-state index contributed by atoms with van der Waals surface area (Å²) < 4.78 is 19.6. The Morgan fingerprint density at radius 3 is 2.50 bits per heavy atom. The standard InChI is InChI=1S/C21H33FN4O2/c1-5-25(6-2)19-9-8-16(14-18(19)22)15-24-21(23-4)26-12-10-17(11-13-26)20(27)28-7-3/h8-9,14,17H,5-7,10-13,15H2,1-4H3,(H,23,24). The molecule has 0 spiro atoms. The Hall–Kier alpha value is -2.31. The molecule has 0 bridgehead atoms. The molecule has 1 aromatic rings. The summed E-state index contributed by atoms with van der Waals surface area (Å²) in [4.78, 5) is 20.4. The molecular weight excluding hydrogens is 359 g/mol. The molecule has 1 aliphatic heterocycles. The van der Waals surface area contributed by atoms with Crippen molar-refractivity contribution >= 4 is 17.6 Å². The fraction of sp³-hybridized carbons (Fsp3) is 0.619. The summed E-state index contributed by atoms with van der Waals surface area (Å²) >= 11 is 0. The van der Waals surface area contributed by atoms with Gasteiger partial charge in [-0.1, -0.05) is 6.07 Å². The van der Waals surface area contributed by atoms with Gasteiger partial charge in [0, 0.05) is 39.8 Å². The van der Waals surface area contributed by atoms with Crippen molar-refractivity contribution in [2.24, 2.45) is 10.9 Å². The highest BCUT2D eigenvalue weighted by molar-refractivity contribution is 5.80. The summed E-state index contributed by atoms with van der Waals surface area (Å²) in [6.07, 6.45) is 1.51.